The lowest BCUT2D eigenvalue weighted by molar-refractivity contribution is -0.0676. The molecule has 4 unspecified atom stereocenters. The van der Waals surface area contributed by atoms with Crippen molar-refractivity contribution in [3.05, 3.63) is 28.4 Å². The molecule has 1 aromatic rings. The monoisotopic (exact) mass is 485 g/mol. The summed E-state index contributed by atoms with van der Waals surface area (Å²) in [6.45, 7) is 18.4. The quantitative estimate of drug-likeness (QED) is 0.614. The Balaban J connectivity index is 0.000000291. The van der Waals surface area contributed by atoms with Gasteiger partial charge in [0.25, 0.3) is 5.91 Å². The minimum atomic E-state index is -0.0492. The zero-order valence-electron chi connectivity index (χ0n) is 21.8. The lowest BCUT2D eigenvalue weighted by Gasteiger charge is -2.58. The Morgan fingerprint density at radius 2 is 2.12 bits per heavy atom. The van der Waals surface area contributed by atoms with Gasteiger partial charge in [0.05, 0.1) is 4.88 Å². The number of allylic oxidation sites excluding steroid dienone is 1. The first kappa shape index (κ1) is 25.4. The highest BCUT2D eigenvalue weighted by Gasteiger charge is 2.63. The first-order valence-electron chi connectivity index (χ1n) is 13.2. The molecule has 1 aromatic heterocycles. The van der Waals surface area contributed by atoms with E-state index in [1.807, 2.05) is 0 Å². The summed E-state index contributed by atoms with van der Waals surface area (Å²) in [7, 11) is 2.06. The van der Waals surface area contributed by atoms with E-state index in [2.05, 4.69) is 71.8 Å². The van der Waals surface area contributed by atoms with Crippen LogP contribution in [0.15, 0.2) is 12.3 Å². The highest BCUT2D eigenvalue weighted by Crippen LogP contribution is 2.57. The number of likely N-dealkylation sites (tertiary alicyclic amines) is 1. The molecule has 5 rings (SSSR count). The van der Waals surface area contributed by atoms with Gasteiger partial charge in [0.1, 0.15) is 5.69 Å². The molecule has 3 aliphatic heterocycles. The molecule has 34 heavy (non-hydrogen) atoms. The molecule has 1 aliphatic carbocycles. The second-order valence-electron chi connectivity index (χ2n) is 10.5. The Kier molecular flexibility index (Phi) is 7.85. The normalized spacial score (nSPS) is 30.4. The van der Waals surface area contributed by atoms with Gasteiger partial charge in [-0.3, -0.25) is 9.69 Å². The summed E-state index contributed by atoms with van der Waals surface area (Å²) in [5.41, 5.74) is 2.95. The summed E-state index contributed by atoms with van der Waals surface area (Å²) >= 11 is 1.38. The van der Waals surface area contributed by atoms with Gasteiger partial charge in [-0.05, 0) is 89.5 Å². The summed E-state index contributed by atoms with van der Waals surface area (Å²) in [6, 6.07) is 1.13. The summed E-state index contributed by atoms with van der Waals surface area (Å²) < 4.78 is 4.46. The molecule has 1 saturated carbocycles. The average molecular weight is 486 g/mol. The molecule has 188 valence electrons. The zero-order chi connectivity index (χ0) is 24.5. The van der Waals surface area contributed by atoms with Gasteiger partial charge in [-0.1, -0.05) is 19.6 Å². The summed E-state index contributed by atoms with van der Waals surface area (Å²) in [4.78, 5) is 21.2. The van der Waals surface area contributed by atoms with E-state index in [-0.39, 0.29) is 11.9 Å². The number of carbonyl (C=O) groups excluding carboxylic acids is 1. The lowest BCUT2D eigenvalue weighted by Crippen LogP contribution is -2.64. The third kappa shape index (κ3) is 4.59. The van der Waals surface area contributed by atoms with E-state index in [9.17, 15) is 4.79 Å². The molecule has 1 N–H and O–H groups in total. The van der Waals surface area contributed by atoms with Crippen molar-refractivity contribution in [2.45, 2.75) is 77.4 Å². The van der Waals surface area contributed by atoms with Crippen LogP contribution in [0.5, 0.6) is 0 Å². The minimum Gasteiger partial charge on any atom is -0.378 e. The van der Waals surface area contributed by atoms with Crippen molar-refractivity contribution in [3.63, 3.8) is 0 Å². The van der Waals surface area contributed by atoms with E-state index in [0.717, 1.165) is 35.3 Å². The lowest BCUT2D eigenvalue weighted by atomic mass is 9.61. The molecule has 1 spiro atoms. The number of hydrogen-bond acceptors (Lipinski definition) is 6. The van der Waals surface area contributed by atoms with Crippen LogP contribution in [0.3, 0.4) is 0 Å². The number of nitrogens with one attached hydrogen (secondary N) is 1. The maximum Gasteiger partial charge on any atom is 0.271 e. The predicted molar refractivity (Wildman–Crippen MR) is 143 cm³/mol. The van der Waals surface area contributed by atoms with E-state index in [4.69, 9.17) is 0 Å². The number of hydrogen-bond donors (Lipinski definition) is 1. The van der Waals surface area contributed by atoms with E-state index in [1.54, 1.807) is 6.08 Å². The SMILES string of the molecule is C=Cc1c(C(=O)NC2CN3CCC34CCC24)nsc1/C=C(\C)N(C)CC.CCN1CCCC1C. The first-order chi connectivity index (χ1) is 16.3. The van der Waals surface area contributed by atoms with Crippen molar-refractivity contribution in [1.29, 1.82) is 0 Å². The van der Waals surface area contributed by atoms with Crippen LogP contribution in [0.25, 0.3) is 12.2 Å². The van der Waals surface area contributed by atoms with E-state index in [1.165, 1.54) is 63.3 Å². The van der Waals surface area contributed by atoms with E-state index in [0.29, 0.717) is 17.2 Å². The van der Waals surface area contributed by atoms with Crippen LogP contribution in [0.1, 0.15) is 80.7 Å². The summed E-state index contributed by atoms with van der Waals surface area (Å²) in [5.74, 6) is 0.581. The van der Waals surface area contributed by atoms with Crippen molar-refractivity contribution in [2.75, 3.05) is 39.8 Å². The topological polar surface area (TPSA) is 51.7 Å². The number of carbonyl (C=O) groups is 1. The number of aromatic nitrogens is 1. The van der Waals surface area contributed by atoms with Gasteiger partial charge >= 0.3 is 0 Å². The van der Waals surface area contributed by atoms with Crippen molar-refractivity contribution < 1.29 is 4.79 Å². The van der Waals surface area contributed by atoms with Gasteiger partial charge in [-0.25, -0.2) is 0 Å². The Morgan fingerprint density at radius 3 is 2.59 bits per heavy atom. The number of amides is 1. The first-order valence-corrected chi connectivity index (χ1v) is 13.9. The van der Waals surface area contributed by atoms with Crippen LogP contribution in [0.4, 0.5) is 0 Å². The second kappa shape index (κ2) is 10.5. The fourth-order valence-corrected chi connectivity index (χ4v) is 7.16. The van der Waals surface area contributed by atoms with Crippen LogP contribution < -0.4 is 5.32 Å². The van der Waals surface area contributed by atoms with Crippen LogP contribution in [0, 0.1) is 5.92 Å². The fourth-order valence-electron chi connectivity index (χ4n) is 6.29. The van der Waals surface area contributed by atoms with E-state index >= 15 is 0 Å². The Morgan fingerprint density at radius 1 is 1.32 bits per heavy atom. The molecular formula is C27H43N5OS. The molecule has 0 aromatic carbocycles. The highest BCUT2D eigenvalue weighted by molar-refractivity contribution is 7.07. The summed E-state index contributed by atoms with van der Waals surface area (Å²) in [6.07, 6.45) is 10.5. The average Bonchev–Trinajstić information content (AvgIpc) is 3.43. The summed E-state index contributed by atoms with van der Waals surface area (Å²) in [5, 5.41) is 3.28. The van der Waals surface area contributed by atoms with Gasteiger partial charge in [0.2, 0.25) is 0 Å². The molecule has 7 heteroatoms. The number of rotatable bonds is 7. The zero-order valence-corrected chi connectivity index (χ0v) is 22.6. The van der Waals surface area contributed by atoms with Crippen molar-refractivity contribution in [2.24, 2.45) is 5.92 Å². The van der Waals surface area contributed by atoms with Crippen molar-refractivity contribution >= 4 is 29.6 Å². The highest BCUT2D eigenvalue weighted by atomic mass is 32.1. The molecule has 3 saturated heterocycles. The van der Waals surface area contributed by atoms with Crippen LogP contribution in [-0.4, -0.2) is 82.4 Å². The molecule has 6 nitrogen and oxygen atoms in total. The van der Waals surface area contributed by atoms with Crippen LogP contribution in [-0.2, 0) is 0 Å². The Hall–Kier alpha value is -1.70. The van der Waals surface area contributed by atoms with E-state index < -0.39 is 0 Å². The second-order valence-corrected chi connectivity index (χ2v) is 11.3. The smallest absolute Gasteiger partial charge is 0.271 e. The molecular weight excluding hydrogens is 442 g/mol. The van der Waals surface area contributed by atoms with Gasteiger partial charge < -0.3 is 15.1 Å². The van der Waals surface area contributed by atoms with Crippen LogP contribution in [0.2, 0.25) is 0 Å². The van der Waals surface area contributed by atoms with Gasteiger partial charge in [-0.2, -0.15) is 4.37 Å². The maximum absolute atomic E-state index is 12.9. The maximum atomic E-state index is 12.9. The molecule has 4 aliphatic rings. The molecule has 0 bridgehead atoms. The van der Waals surface area contributed by atoms with Crippen LogP contribution >= 0.6 is 11.5 Å². The molecule has 1 amide bonds. The fraction of sp³-hybridized carbons (Fsp3) is 0.704. The minimum absolute atomic E-state index is 0.0492. The largest absolute Gasteiger partial charge is 0.378 e. The third-order valence-electron chi connectivity index (χ3n) is 8.93. The van der Waals surface area contributed by atoms with Gasteiger partial charge in [-0.15, -0.1) is 0 Å². The van der Waals surface area contributed by atoms with Crippen molar-refractivity contribution in [3.8, 4) is 0 Å². The molecule has 4 fully saturated rings. The molecule has 4 atom stereocenters. The Labute approximate surface area is 210 Å². The predicted octanol–water partition coefficient (Wildman–Crippen LogP) is 4.56. The van der Waals surface area contributed by atoms with Gasteiger partial charge in [0.15, 0.2) is 0 Å². The standard InChI is InChI=1S/C20H28N4OS.C7H15N/c1-5-14-17(11-13(3)23(4)6-2)26-22-18(14)19(25)21-16-12-24-10-9-20(24)8-7-15(16)20;1-3-8-6-4-5-7(8)2/h5,11,15-16H,1,6-10,12H2,2-4H3,(H,21,25);7H,3-6H2,1-2H3/b13-11+;. The molecule has 0 radical (unpaired) electrons. The number of nitrogens with zero attached hydrogens (tertiary/aromatic N) is 4. The molecule has 4 heterocycles. The Bertz CT molecular complexity index is 922. The third-order valence-corrected chi connectivity index (χ3v) is 9.74. The van der Waals surface area contributed by atoms with Gasteiger partial charge in [0, 0.05) is 55.6 Å². The van der Waals surface area contributed by atoms with Crippen molar-refractivity contribution in [1.82, 2.24) is 24.4 Å².